The van der Waals surface area contributed by atoms with Gasteiger partial charge >= 0.3 is 0 Å². The summed E-state index contributed by atoms with van der Waals surface area (Å²) in [4.78, 5) is 58.6. The zero-order valence-corrected chi connectivity index (χ0v) is 28.7. The van der Waals surface area contributed by atoms with Crippen LogP contribution in [0.3, 0.4) is 0 Å². The number of likely N-dealkylation sites (tertiary alicyclic amines) is 2. The van der Waals surface area contributed by atoms with Gasteiger partial charge in [-0.05, 0) is 72.1 Å². The number of alkyl halides is 1. The quantitative estimate of drug-likeness (QED) is 0.131. The van der Waals surface area contributed by atoms with Crippen LogP contribution in [0.5, 0.6) is 0 Å². The van der Waals surface area contributed by atoms with Gasteiger partial charge in [-0.25, -0.2) is 0 Å². The number of carbonyl (C=O) groups is 4. The maximum atomic E-state index is 13.7. The van der Waals surface area contributed by atoms with Crippen molar-refractivity contribution in [3.05, 3.63) is 0 Å². The number of methoxy groups -OCH3 is 2. The summed E-state index contributed by atoms with van der Waals surface area (Å²) in [5.74, 6) is -2.20. The molecule has 5 aliphatic rings. The summed E-state index contributed by atoms with van der Waals surface area (Å²) in [6.07, 6.45) is 4.85. The van der Waals surface area contributed by atoms with E-state index >= 15 is 0 Å². The molecule has 46 heavy (non-hydrogen) atoms. The molecule has 2 saturated carbocycles. The largest absolute Gasteiger partial charge is 0.380 e. The number of hydrogen-bond donors (Lipinski definition) is 3. The van der Waals surface area contributed by atoms with Crippen LogP contribution in [0.15, 0.2) is 10.2 Å². The van der Waals surface area contributed by atoms with Gasteiger partial charge in [-0.15, -0.1) is 11.6 Å². The third-order valence-corrected chi connectivity index (χ3v) is 11.7. The number of Topliss-reactive ketones (excluding diaryl/α,β-unsaturated/α-hetero) is 1. The van der Waals surface area contributed by atoms with E-state index in [2.05, 4.69) is 36.0 Å². The van der Waals surface area contributed by atoms with Crippen molar-refractivity contribution < 1.29 is 28.7 Å². The number of β-lactam (4-membered cyclic amide) rings is 1. The van der Waals surface area contributed by atoms with Crippen molar-refractivity contribution >= 4 is 35.1 Å². The number of nitrogens with zero attached hydrogens (tertiary/aromatic N) is 4. The van der Waals surface area contributed by atoms with Gasteiger partial charge < -0.3 is 25.4 Å². The van der Waals surface area contributed by atoms with Crippen LogP contribution >= 0.6 is 11.6 Å². The first-order valence-electron chi connectivity index (χ1n) is 17.0. The number of halogens is 1. The van der Waals surface area contributed by atoms with Gasteiger partial charge in [-0.3, -0.25) is 29.0 Å². The lowest BCUT2D eigenvalue weighted by Crippen LogP contribution is -2.88. The Morgan fingerprint density at radius 2 is 1.41 bits per heavy atom. The fourth-order valence-electron chi connectivity index (χ4n) is 8.44. The standard InChI is InChI=1S/C32H52ClN7O6/c1-19(41)32(30(44)36-31(32)18-26(45-4)25(33)17-27(31)46-5)38-37-24-15-22(28(42)34-20(2)39-10-6-7-11-39)14-23(16-24)29(43)35-21(3)40-12-8-9-13-40/h20-27H,6-18H2,1-5H3,(H,34,42)(H,35,43)(H,36,44). The molecule has 0 radical (unpaired) electrons. The molecule has 5 fully saturated rings. The van der Waals surface area contributed by atoms with Crippen molar-refractivity contribution in [2.45, 2.75) is 126 Å². The number of rotatable bonds is 11. The van der Waals surface area contributed by atoms with Crippen molar-refractivity contribution in [1.29, 1.82) is 0 Å². The molecule has 0 aromatic carbocycles. The molecule has 9 unspecified atom stereocenters. The summed E-state index contributed by atoms with van der Waals surface area (Å²) < 4.78 is 11.4. The number of azo groups is 1. The topological polar surface area (TPSA) is 154 Å². The van der Waals surface area contributed by atoms with Crippen LogP contribution in [-0.2, 0) is 28.7 Å². The van der Waals surface area contributed by atoms with Crippen molar-refractivity contribution in [3.63, 3.8) is 0 Å². The number of amides is 3. The molecular formula is C32H52ClN7O6. The van der Waals surface area contributed by atoms with E-state index in [1.165, 1.54) is 14.0 Å². The minimum Gasteiger partial charge on any atom is -0.380 e. The van der Waals surface area contributed by atoms with Gasteiger partial charge in [0.1, 0.15) is 5.54 Å². The van der Waals surface area contributed by atoms with Crippen LogP contribution in [-0.4, -0.2) is 121 Å². The molecule has 0 bridgehead atoms. The molecule has 2 aliphatic carbocycles. The van der Waals surface area contributed by atoms with Crippen molar-refractivity contribution in [2.24, 2.45) is 22.1 Å². The molecule has 3 aliphatic heterocycles. The summed E-state index contributed by atoms with van der Waals surface area (Å²) >= 11 is 6.58. The summed E-state index contributed by atoms with van der Waals surface area (Å²) in [5.41, 5.74) is -3.01. The molecule has 13 nitrogen and oxygen atoms in total. The van der Waals surface area contributed by atoms with Gasteiger partial charge in [0.2, 0.25) is 17.4 Å². The molecule has 258 valence electrons. The van der Waals surface area contributed by atoms with E-state index in [0.717, 1.165) is 51.9 Å². The van der Waals surface area contributed by atoms with E-state index in [-0.39, 0.29) is 35.9 Å². The smallest absolute Gasteiger partial charge is 0.260 e. The van der Waals surface area contributed by atoms with Crippen molar-refractivity contribution in [2.75, 3.05) is 40.4 Å². The molecule has 3 saturated heterocycles. The van der Waals surface area contributed by atoms with Crippen LogP contribution in [0.2, 0.25) is 0 Å². The Balaban J connectivity index is 1.39. The molecule has 0 aromatic rings. The van der Waals surface area contributed by atoms with E-state index in [1.807, 2.05) is 13.8 Å². The van der Waals surface area contributed by atoms with Crippen LogP contribution in [0.1, 0.15) is 78.6 Å². The lowest BCUT2D eigenvalue weighted by atomic mass is 9.58. The molecule has 9 atom stereocenters. The third-order valence-electron chi connectivity index (χ3n) is 11.2. The molecular weight excluding hydrogens is 614 g/mol. The monoisotopic (exact) mass is 665 g/mol. The molecule has 14 heteroatoms. The number of ether oxygens (including phenoxy) is 2. The van der Waals surface area contributed by atoms with Gasteiger partial charge in [0, 0.05) is 58.7 Å². The summed E-state index contributed by atoms with van der Waals surface area (Å²) in [7, 11) is 3.07. The summed E-state index contributed by atoms with van der Waals surface area (Å²) in [5, 5.41) is 18.1. The van der Waals surface area contributed by atoms with E-state index in [1.54, 1.807) is 7.11 Å². The van der Waals surface area contributed by atoms with Gasteiger partial charge in [0.15, 0.2) is 5.78 Å². The normalized spacial score (nSPS) is 38.3. The molecule has 1 spiro atoms. The predicted molar refractivity (Wildman–Crippen MR) is 171 cm³/mol. The molecule has 3 N–H and O–H groups in total. The Bertz CT molecular complexity index is 1130. The first-order chi connectivity index (χ1) is 21.9. The first-order valence-corrected chi connectivity index (χ1v) is 17.4. The minimum atomic E-state index is -1.83. The number of ketones is 1. The van der Waals surface area contributed by atoms with Crippen molar-refractivity contribution in [1.82, 2.24) is 25.8 Å². The SMILES string of the molecule is COC1CC2(NC(=O)C2(N=NC2CC(C(=O)NC(C)N3CCCC3)CC(C(=O)NC(C)N3CCCC3)C2)C(C)=O)C(OC)CC1Cl. The van der Waals surface area contributed by atoms with Crippen LogP contribution in [0.25, 0.3) is 0 Å². The number of hydrogen-bond acceptors (Lipinski definition) is 10. The highest BCUT2D eigenvalue weighted by molar-refractivity contribution is 6.21. The average molecular weight is 666 g/mol. The maximum absolute atomic E-state index is 13.7. The number of nitrogens with one attached hydrogen (secondary N) is 3. The molecule has 5 rings (SSSR count). The highest BCUT2D eigenvalue weighted by atomic mass is 35.5. The van der Waals surface area contributed by atoms with Gasteiger partial charge in [0.25, 0.3) is 5.91 Å². The second kappa shape index (κ2) is 14.5. The highest BCUT2D eigenvalue weighted by Gasteiger charge is 2.75. The fraction of sp³-hybridized carbons (Fsp3) is 0.875. The Kier molecular flexibility index (Phi) is 11.1. The van der Waals surface area contributed by atoms with E-state index < -0.39 is 52.9 Å². The fourth-order valence-corrected chi connectivity index (χ4v) is 8.80. The van der Waals surface area contributed by atoms with Crippen LogP contribution < -0.4 is 16.0 Å². The Morgan fingerprint density at radius 3 is 1.85 bits per heavy atom. The summed E-state index contributed by atoms with van der Waals surface area (Å²) in [6, 6.07) is -0.547. The highest BCUT2D eigenvalue weighted by Crippen LogP contribution is 2.50. The molecule has 3 amide bonds. The third kappa shape index (κ3) is 6.59. The first kappa shape index (κ1) is 35.1. The number of carbonyl (C=O) groups excluding carboxylic acids is 4. The van der Waals surface area contributed by atoms with Crippen molar-refractivity contribution in [3.8, 4) is 0 Å². The lowest BCUT2D eigenvalue weighted by molar-refractivity contribution is -0.173. The van der Waals surface area contributed by atoms with Crippen LogP contribution in [0.4, 0.5) is 0 Å². The zero-order chi connectivity index (χ0) is 33.2. The second-order valence-corrected chi connectivity index (χ2v) is 14.5. The second-order valence-electron chi connectivity index (χ2n) is 14.0. The predicted octanol–water partition coefficient (Wildman–Crippen LogP) is 1.97. The maximum Gasteiger partial charge on any atom is 0.260 e. The minimum absolute atomic E-state index is 0.115. The molecule has 3 heterocycles. The van der Waals surface area contributed by atoms with E-state index in [0.29, 0.717) is 25.7 Å². The Hall–Kier alpha value is -2.19. The van der Waals surface area contributed by atoms with E-state index in [9.17, 15) is 19.2 Å². The lowest BCUT2D eigenvalue weighted by Gasteiger charge is -2.60. The van der Waals surface area contributed by atoms with Crippen LogP contribution in [0, 0.1) is 11.8 Å². The average Bonchev–Trinajstić information content (AvgIpc) is 3.77. The Morgan fingerprint density at radius 1 is 0.891 bits per heavy atom. The summed E-state index contributed by atoms with van der Waals surface area (Å²) in [6.45, 7) is 9.09. The Labute approximate surface area is 277 Å². The van der Waals surface area contributed by atoms with E-state index in [4.69, 9.17) is 21.1 Å². The molecule has 0 aromatic heterocycles. The van der Waals surface area contributed by atoms with Gasteiger partial charge in [-0.1, -0.05) is 0 Å². The van der Waals surface area contributed by atoms with Gasteiger partial charge in [-0.2, -0.15) is 10.2 Å². The van der Waals surface area contributed by atoms with Gasteiger partial charge in [0.05, 0.1) is 36.0 Å². The zero-order valence-electron chi connectivity index (χ0n) is 27.9.